The zero-order valence-corrected chi connectivity index (χ0v) is 17.0. The number of rotatable bonds is 6. The van der Waals surface area contributed by atoms with Crippen molar-refractivity contribution in [2.75, 3.05) is 18.4 Å². The molecule has 1 aliphatic rings. The molecule has 150 valence electrons. The molecule has 28 heavy (non-hydrogen) atoms. The fourth-order valence-electron chi connectivity index (χ4n) is 3.40. The van der Waals surface area contributed by atoms with E-state index in [2.05, 4.69) is 10.6 Å². The van der Waals surface area contributed by atoms with E-state index in [1.54, 1.807) is 58.9 Å². The number of halogens is 1. The molecule has 1 atom stereocenters. The third kappa shape index (κ3) is 5.25. The number of anilines is 1. The quantitative estimate of drug-likeness (QED) is 0.737. The third-order valence-electron chi connectivity index (χ3n) is 4.77. The minimum atomic E-state index is -3.52. The van der Waals surface area contributed by atoms with E-state index in [1.165, 1.54) is 0 Å². The third-order valence-corrected chi connectivity index (χ3v) is 6.97. The predicted molar refractivity (Wildman–Crippen MR) is 111 cm³/mol. The summed E-state index contributed by atoms with van der Waals surface area (Å²) in [5, 5.41) is 6.06. The van der Waals surface area contributed by atoms with Crippen LogP contribution in [0.4, 0.5) is 10.5 Å². The molecule has 0 spiro atoms. The van der Waals surface area contributed by atoms with E-state index in [9.17, 15) is 13.2 Å². The lowest BCUT2D eigenvalue weighted by Crippen LogP contribution is -2.45. The number of carbonyl (C=O) groups is 1. The van der Waals surface area contributed by atoms with Gasteiger partial charge < -0.3 is 10.6 Å². The highest BCUT2D eigenvalue weighted by Crippen LogP contribution is 2.26. The fourth-order valence-corrected chi connectivity index (χ4v) is 5.34. The first-order chi connectivity index (χ1) is 13.5. The number of hydrogen-bond donors (Lipinski definition) is 2. The molecule has 2 aromatic rings. The average molecular weight is 422 g/mol. The number of sulfonamides is 1. The van der Waals surface area contributed by atoms with Crippen LogP contribution in [0.1, 0.15) is 25.7 Å². The Morgan fingerprint density at radius 1 is 1.11 bits per heavy atom. The second-order valence-electron chi connectivity index (χ2n) is 6.76. The molecule has 1 heterocycles. The molecule has 0 bridgehead atoms. The topological polar surface area (TPSA) is 78.5 Å². The van der Waals surface area contributed by atoms with E-state index in [0.717, 1.165) is 19.3 Å². The van der Waals surface area contributed by atoms with Crippen LogP contribution < -0.4 is 10.6 Å². The summed E-state index contributed by atoms with van der Waals surface area (Å²) in [4.78, 5) is 12.4. The molecule has 0 aromatic heterocycles. The summed E-state index contributed by atoms with van der Waals surface area (Å²) < 4.78 is 27.5. The van der Waals surface area contributed by atoms with Gasteiger partial charge in [-0.05, 0) is 49.6 Å². The maximum atomic E-state index is 13.0. The van der Waals surface area contributed by atoms with Crippen LogP contribution in [-0.2, 0) is 10.0 Å². The summed E-state index contributed by atoms with van der Waals surface area (Å²) in [7, 11) is -3.52. The van der Waals surface area contributed by atoms with E-state index < -0.39 is 10.0 Å². The number of hydrogen-bond acceptors (Lipinski definition) is 3. The molecule has 2 aromatic carbocycles. The zero-order chi connectivity index (χ0) is 20.0. The van der Waals surface area contributed by atoms with Gasteiger partial charge in [-0.3, -0.25) is 0 Å². The van der Waals surface area contributed by atoms with Crippen LogP contribution in [0.2, 0.25) is 5.02 Å². The number of piperidine rings is 1. The summed E-state index contributed by atoms with van der Waals surface area (Å²) in [5.41, 5.74) is 0.607. The van der Waals surface area contributed by atoms with Crippen LogP contribution in [-0.4, -0.2) is 37.9 Å². The molecular formula is C20H24ClN3O3S. The van der Waals surface area contributed by atoms with Crippen molar-refractivity contribution in [1.82, 2.24) is 9.62 Å². The highest BCUT2D eigenvalue weighted by atomic mass is 35.5. The van der Waals surface area contributed by atoms with E-state index >= 15 is 0 Å². The van der Waals surface area contributed by atoms with Gasteiger partial charge in [-0.15, -0.1) is 0 Å². The van der Waals surface area contributed by atoms with Gasteiger partial charge in [-0.2, -0.15) is 4.31 Å². The monoisotopic (exact) mass is 421 g/mol. The Labute approximate surface area is 170 Å². The van der Waals surface area contributed by atoms with Gasteiger partial charge in [0.1, 0.15) is 0 Å². The second-order valence-corrected chi connectivity index (χ2v) is 9.09. The molecule has 1 fully saturated rings. The van der Waals surface area contributed by atoms with E-state index in [4.69, 9.17) is 11.6 Å². The number of nitrogens with zero attached hydrogens (tertiary/aromatic N) is 1. The fraction of sp³-hybridized carbons (Fsp3) is 0.350. The Bertz CT molecular complexity index is 906. The molecule has 1 saturated heterocycles. The van der Waals surface area contributed by atoms with Crippen molar-refractivity contribution in [3.63, 3.8) is 0 Å². The Balaban J connectivity index is 1.57. The molecule has 3 rings (SSSR count). The van der Waals surface area contributed by atoms with Crippen molar-refractivity contribution in [3.05, 3.63) is 59.6 Å². The molecule has 0 aliphatic carbocycles. The van der Waals surface area contributed by atoms with Gasteiger partial charge in [0.25, 0.3) is 0 Å². The number of carbonyl (C=O) groups excluding carboxylic acids is 1. The van der Waals surface area contributed by atoms with Gasteiger partial charge in [-0.25, -0.2) is 13.2 Å². The highest BCUT2D eigenvalue weighted by Gasteiger charge is 2.33. The van der Waals surface area contributed by atoms with Crippen LogP contribution in [0.5, 0.6) is 0 Å². The lowest BCUT2D eigenvalue weighted by atomic mass is 10.0. The molecule has 0 unspecified atom stereocenters. The summed E-state index contributed by atoms with van der Waals surface area (Å²) in [6, 6.07) is 14.9. The standard InChI is InChI=1S/C20H24ClN3O3S/c21-16-7-6-8-17(15-16)23-20(25)22-13-12-18-9-4-5-14-24(18)28(26,27)19-10-2-1-3-11-19/h1-3,6-8,10-11,15,18H,4-5,9,12-14H2,(H2,22,23,25)/t18-/m0/s1. The molecule has 2 amide bonds. The van der Waals surface area contributed by atoms with Crippen LogP contribution >= 0.6 is 11.6 Å². The predicted octanol–water partition coefficient (Wildman–Crippen LogP) is 4.10. The largest absolute Gasteiger partial charge is 0.338 e. The Hall–Kier alpha value is -2.09. The lowest BCUT2D eigenvalue weighted by Gasteiger charge is -2.34. The maximum Gasteiger partial charge on any atom is 0.319 e. The first-order valence-corrected chi connectivity index (χ1v) is 11.2. The SMILES string of the molecule is O=C(NCC[C@@H]1CCCCN1S(=O)(=O)c1ccccc1)Nc1cccc(Cl)c1. The van der Waals surface area contributed by atoms with E-state index in [0.29, 0.717) is 35.1 Å². The van der Waals surface area contributed by atoms with Gasteiger partial charge in [0.2, 0.25) is 10.0 Å². The molecule has 0 saturated carbocycles. The Morgan fingerprint density at radius 3 is 2.64 bits per heavy atom. The molecule has 1 aliphatic heterocycles. The van der Waals surface area contributed by atoms with Crippen molar-refractivity contribution in [1.29, 1.82) is 0 Å². The number of benzene rings is 2. The summed E-state index contributed by atoms with van der Waals surface area (Å²) in [5.74, 6) is 0. The molecule has 6 nitrogen and oxygen atoms in total. The number of urea groups is 1. The van der Waals surface area contributed by atoms with Crippen molar-refractivity contribution < 1.29 is 13.2 Å². The first-order valence-electron chi connectivity index (χ1n) is 9.34. The smallest absolute Gasteiger partial charge is 0.319 e. The minimum absolute atomic E-state index is 0.120. The summed E-state index contributed by atoms with van der Waals surface area (Å²) in [6.45, 7) is 0.897. The van der Waals surface area contributed by atoms with Crippen LogP contribution in [0.25, 0.3) is 0 Å². The minimum Gasteiger partial charge on any atom is -0.338 e. The molecule has 2 N–H and O–H groups in total. The first kappa shape index (κ1) is 20.6. The second kappa shape index (κ2) is 9.41. The van der Waals surface area contributed by atoms with Crippen molar-refractivity contribution in [2.24, 2.45) is 0 Å². The van der Waals surface area contributed by atoms with Crippen LogP contribution in [0.15, 0.2) is 59.5 Å². The normalized spacial score (nSPS) is 17.8. The molecule has 8 heteroatoms. The van der Waals surface area contributed by atoms with Gasteiger partial charge in [0.05, 0.1) is 4.90 Å². The van der Waals surface area contributed by atoms with Crippen molar-refractivity contribution in [3.8, 4) is 0 Å². The van der Waals surface area contributed by atoms with Gasteiger partial charge in [0, 0.05) is 29.8 Å². The van der Waals surface area contributed by atoms with Gasteiger partial charge >= 0.3 is 6.03 Å². The molecule has 0 radical (unpaired) electrons. The van der Waals surface area contributed by atoms with E-state index in [1.807, 2.05) is 0 Å². The zero-order valence-electron chi connectivity index (χ0n) is 15.5. The van der Waals surface area contributed by atoms with Gasteiger partial charge in [0.15, 0.2) is 0 Å². The maximum absolute atomic E-state index is 13.0. The Morgan fingerprint density at radius 2 is 1.89 bits per heavy atom. The van der Waals surface area contributed by atoms with Crippen LogP contribution in [0, 0.1) is 0 Å². The Kier molecular flexibility index (Phi) is 6.93. The highest BCUT2D eigenvalue weighted by molar-refractivity contribution is 7.89. The van der Waals surface area contributed by atoms with Crippen molar-refractivity contribution >= 4 is 33.3 Å². The number of amides is 2. The average Bonchev–Trinajstić information content (AvgIpc) is 2.69. The lowest BCUT2D eigenvalue weighted by molar-refractivity contribution is 0.234. The van der Waals surface area contributed by atoms with Crippen LogP contribution in [0.3, 0.4) is 0 Å². The summed E-state index contributed by atoms with van der Waals surface area (Å²) >= 11 is 5.91. The summed E-state index contributed by atoms with van der Waals surface area (Å²) in [6.07, 6.45) is 3.20. The van der Waals surface area contributed by atoms with Crippen molar-refractivity contribution in [2.45, 2.75) is 36.6 Å². The number of nitrogens with one attached hydrogen (secondary N) is 2. The molecular weight excluding hydrogens is 398 g/mol. The van der Waals surface area contributed by atoms with E-state index in [-0.39, 0.29) is 12.1 Å². The van der Waals surface area contributed by atoms with Gasteiger partial charge in [-0.1, -0.05) is 42.3 Å².